The Bertz CT molecular complexity index is 928. The van der Waals surface area contributed by atoms with E-state index in [0.29, 0.717) is 17.9 Å². The molecule has 2 heterocycles. The molecule has 0 radical (unpaired) electrons. The van der Waals surface area contributed by atoms with Gasteiger partial charge in [-0.1, -0.05) is 6.92 Å². The van der Waals surface area contributed by atoms with Crippen LogP contribution >= 0.6 is 0 Å². The topological polar surface area (TPSA) is 91.5 Å². The highest BCUT2D eigenvalue weighted by atomic mass is 16.5. The molecule has 0 unspecified atom stereocenters. The van der Waals surface area contributed by atoms with Crippen LogP contribution in [0.4, 0.5) is 5.69 Å². The Morgan fingerprint density at radius 2 is 1.83 bits per heavy atom. The maximum absolute atomic E-state index is 12.4. The predicted octanol–water partition coefficient (Wildman–Crippen LogP) is 2.89. The average molecular weight is 397 g/mol. The van der Waals surface area contributed by atoms with Crippen molar-refractivity contribution in [3.05, 3.63) is 57.5 Å². The van der Waals surface area contributed by atoms with Crippen molar-refractivity contribution in [2.24, 2.45) is 0 Å². The van der Waals surface area contributed by atoms with Gasteiger partial charge < -0.3 is 19.9 Å². The molecule has 2 amide bonds. The second-order valence-corrected chi connectivity index (χ2v) is 7.24. The van der Waals surface area contributed by atoms with Gasteiger partial charge in [0, 0.05) is 24.5 Å². The maximum Gasteiger partial charge on any atom is 0.261 e. The SMILES string of the molecule is CCc1[nH]c(=O)c(C(=O)Nc2ccc(OCC(=O)N3CCCCC3)cc2)cc1C. The van der Waals surface area contributed by atoms with Gasteiger partial charge >= 0.3 is 0 Å². The highest BCUT2D eigenvalue weighted by Gasteiger charge is 2.17. The molecule has 29 heavy (non-hydrogen) atoms. The van der Waals surface area contributed by atoms with E-state index < -0.39 is 11.5 Å². The molecule has 7 heteroatoms. The summed E-state index contributed by atoms with van der Waals surface area (Å²) in [7, 11) is 0. The van der Waals surface area contributed by atoms with Crippen LogP contribution in [0.2, 0.25) is 0 Å². The van der Waals surface area contributed by atoms with Crippen molar-refractivity contribution in [1.29, 1.82) is 0 Å². The molecule has 1 fully saturated rings. The Balaban J connectivity index is 1.57. The van der Waals surface area contributed by atoms with Gasteiger partial charge in [-0.05, 0) is 68.5 Å². The number of ether oxygens (including phenoxy) is 1. The fourth-order valence-electron chi connectivity index (χ4n) is 3.42. The number of nitrogens with one attached hydrogen (secondary N) is 2. The normalized spacial score (nSPS) is 13.8. The number of pyridine rings is 1. The van der Waals surface area contributed by atoms with Gasteiger partial charge in [0.05, 0.1) is 0 Å². The second-order valence-electron chi connectivity index (χ2n) is 7.24. The number of hydrogen-bond donors (Lipinski definition) is 2. The van der Waals surface area contributed by atoms with Gasteiger partial charge in [0.25, 0.3) is 17.4 Å². The van der Waals surface area contributed by atoms with E-state index in [0.717, 1.165) is 37.2 Å². The smallest absolute Gasteiger partial charge is 0.261 e. The highest BCUT2D eigenvalue weighted by molar-refractivity contribution is 6.04. The summed E-state index contributed by atoms with van der Waals surface area (Å²) in [5.74, 6) is 0.0764. The monoisotopic (exact) mass is 397 g/mol. The zero-order valence-corrected chi connectivity index (χ0v) is 16.9. The number of H-pyrrole nitrogens is 1. The number of amides is 2. The average Bonchev–Trinajstić information content (AvgIpc) is 2.74. The molecular weight excluding hydrogens is 370 g/mol. The predicted molar refractivity (Wildman–Crippen MR) is 111 cm³/mol. The minimum atomic E-state index is -0.467. The lowest BCUT2D eigenvalue weighted by Crippen LogP contribution is -2.38. The number of likely N-dealkylation sites (tertiary alicyclic amines) is 1. The van der Waals surface area contributed by atoms with Crippen molar-refractivity contribution in [2.75, 3.05) is 25.0 Å². The molecule has 0 spiro atoms. The first-order valence-electron chi connectivity index (χ1n) is 10.0. The standard InChI is InChI=1S/C22H27N3O4/c1-3-19-15(2)13-18(22(28)24-19)21(27)23-16-7-9-17(10-8-16)29-14-20(26)25-11-5-4-6-12-25/h7-10,13H,3-6,11-12,14H2,1-2H3,(H,23,27)(H,24,28). The number of aromatic nitrogens is 1. The molecule has 2 aromatic rings. The van der Waals surface area contributed by atoms with E-state index >= 15 is 0 Å². The van der Waals surface area contributed by atoms with Crippen LogP contribution < -0.4 is 15.6 Å². The molecule has 1 aliphatic rings. The van der Waals surface area contributed by atoms with Gasteiger partial charge in [0.2, 0.25) is 0 Å². The molecular formula is C22H27N3O4. The number of piperidine rings is 1. The molecule has 1 aliphatic heterocycles. The third-order valence-electron chi connectivity index (χ3n) is 5.13. The summed E-state index contributed by atoms with van der Waals surface area (Å²) in [6, 6.07) is 8.35. The Hall–Kier alpha value is -3.09. The number of aromatic amines is 1. The highest BCUT2D eigenvalue weighted by Crippen LogP contribution is 2.17. The minimum Gasteiger partial charge on any atom is -0.484 e. The van der Waals surface area contributed by atoms with Crippen LogP contribution in [0.3, 0.4) is 0 Å². The summed E-state index contributed by atoms with van der Waals surface area (Å²) in [4.78, 5) is 41.3. The fraction of sp³-hybridized carbons (Fsp3) is 0.409. The summed E-state index contributed by atoms with van der Waals surface area (Å²) < 4.78 is 5.57. The van der Waals surface area contributed by atoms with E-state index in [-0.39, 0.29) is 18.1 Å². The number of carbonyl (C=O) groups excluding carboxylic acids is 2. The summed E-state index contributed by atoms with van der Waals surface area (Å²) in [5, 5.41) is 2.72. The van der Waals surface area contributed by atoms with E-state index in [1.807, 2.05) is 18.7 Å². The summed E-state index contributed by atoms with van der Waals surface area (Å²) in [6.07, 6.45) is 3.96. The lowest BCUT2D eigenvalue weighted by molar-refractivity contribution is -0.134. The molecule has 154 valence electrons. The Labute approximate surface area is 170 Å². The van der Waals surface area contributed by atoms with Gasteiger partial charge in [-0.25, -0.2) is 0 Å². The molecule has 3 rings (SSSR count). The van der Waals surface area contributed by atoms with Crippen molar-refractivity contribution in [3.8, 4) is 5.75 Å². The first-order chi connectivity index (χ1) is 14.0. The van der Waals surface area contributed by atoms with Gasteiger partial charge in [-0.15, -0.1) is 0 Å². The Kier molecular flexibility index (Phi) is 6.69. The number of aryl methyl sites for hydroxylation is 2. The van der Waals surface area contributed by atoms with Crippen LogP contribution in [-0.2, 0) is 11.2 Å². The van der Waals surface area contributed by atoms with Crippen molar-refractivity contribution in [2.45, 2.75) is 39.5 Å². The van der Waals surface area contributed by atoms with E-state index in [1.54, 1.807) is 30.3 Å². The van der Waals surface area contributed by atoms with Crippen LogP contribution in [0.1, 0.15) is 47.8 Å². The van der Waals surface area contributed by atoms with Gasteiger partial charge in [-0.2, -0.15) is 0 Å². The molecule has 1 aromatic heterocycles. The Morgan fingerprint density at radius 3 is 2.48 bits per heavy atom. The van der Waals surface area contributed by atoms with Gasteiger partial charge in [-0.3, -0.25) is 14.4 Å². The summed E-state index contributed by atoms with van der Waals surface area (Å²) in [5.41, 5.74) is 1.92. The van der Waals surface area contributed by atoms with Crippen molar-refractivity contribution in [1.82, 2.24) is 9.88 Å². The number of hydrogen-bond acceptors (Lipinski definition) is 4. The lowest BCUT2D eigenvalue weighted by Gasteiger charge is -2.26. The number of carbonyl (C=O) groups is 2. The third kappa shape index (κ3) is 5.25. The zero-order valence-electron chi connectivity index (χ0n) is 16.9. The van der Waals surface area contributed by atoms with E-state index in [9.17, 15) is 14.4 Å². The maximum atomic E-state index is 12.4. The summed E-state index contributed by atoms with van der Waals surface area (Å²) >= 11 is 0. The summed E-state index contributed by atoms with van der Waals surface area (Å²) in [6.45, 7) is 5.41. The number of benzene rings is 1. The van der Waals surface area contributed by atoms with Gasteiger partial charge in [0.15, 0.2) is 6.61 Å². The van der Waals surface area contributed by atoms with Crippen molar-refractivity contribution in [3.63, 3.8) is 0 Å². The largest absolute Gasteiger partial charge is 0.484 e. The van der Waals surface area contributed by atoms with Crippen LogP contribution in [0.5, 0.6) is 5.75 Å². The molecule has 1 aromatic carbocycles. The minimum absolute atomic E-state index is 0.00410. The first kappa shape index (κ1) is 20.6. The second kappa shape index (κ2) is 9.41. The van der Waals surface area contributed by atoms with Crippen LogP contribution in [0.15, 0.2) is 35.1 Å². The van der Waals surface area contributed by atoms with Crippen molar-refractivity contribution < 1.29 is 14.3 Å². The number of rotatable bonds is 6. The van der Waals surface area contributed by atoms with Crippen LogP contribution in [-0.4, -0.2) is 41.4 Å². The molecule has 0 aliphatic carbocycles. The van der Waals surface area contributed by atoms with Crippen molar-refractivity contribution >= 4 is 17.5 Å². The molecule has 7 nitrogen and oxygen atoms in total. The number of nitrogens with zero attached hydrogens (tertiary/aromatic N) is 1. The zero-order chi connectivity index (χ0) is 20.8. The van der Waals surface area contributed by atoms with Gasteiger partial charge in [0.1, 0.15) is 11.3 Å². The number of anilines is 1. The molecule has 0 atom stereocenters. The molecule has 0 bridgehead atoms. The van der Waals surface area contributed by atoms with Crippen LogP contribution in [0.25, 0.3) is 0 Å². The van der Waals surface area contributed by atoms with E-state index in [4.69, 9.17) is 4.74 Å². The quantitative estimate of drug-likeness (QED) is 0.784. The van der Waals surface area contributed by atoms with E-state index in [2.05, 4.69) is 10.3 Å². The molecule has 2 N–H and O–H groups in total. The third-order valence-corrected chi connectivity index (χ3v) is 5.13. The lowest BCUT2D eigenvalue weighted by atomic mass is 10.1. The fourth-order valence-corrected chi connectivity index (χ4v) is 3.42. The van der Waals surface area contributed by atoms with E-state index in [1.165, 1.54) is 6.42 Å². The molecule has 1 saturated heterocycles. The first-order valence-corrected chi connectivity index (χ1v) is 10.0. The Morgan fingerprint density at radius 1 is 1.14 bits per heavy atom. The molecule has 0 saturated carbocycles. The van der Waals surface area contributed by atoms with Crippen LogP contribution in [0, 0.1) is 6.92 Å².